The predicted octanol–water partition coefficient (Wildman–Crippen LogP) is 6.36. The van der Waals surface area contributed by atoms with Crippen LogP contribution in [0.5, 0.6) is 5.88 Å². The number of pyridine rings is 1. The van der Waals surface area contributed by atoms with Crippen molar-refractivity contribution < 1.29 is 27.8 Å². The number of fused-ring (bicyclic) bond motifs is 1. The number of aryl methyl sites for hydroxylation is 1. The highest BCUT2D eigenvalue weighted by Gasteiger charge is 2.25. The molecule has 4 heterocycles. The van der Waals surface area contributed by atoms with Crippen LogP contribution in [0.3, 0.4) is 0 Å². The fraction of sp³-hybridized carbons (Fsp3) is 0.250. The summed E-state index contributed by atoms with van der Waals surface area (Å²) in [4.78, 5) is 22.5. The minimum absolute atomic E-state index is 0.0422. The lowest BCUT2D eigenvalue weighted by Gasteiger charge is -2.27. The SMILES string of the molecule is COC(=O)c1cc2c(nc(Cc3cc(C)c(-c4cccc(OCc5ccc(C#N)cc5F)n4)cc3F)n2C[C@@H]2CCO2)s1. The molecule has 0 saturated carbocycles. The van der Waals surface area contributed by atoms with E-state index in [1.54, 1.807) is 30.3 Å². The zero-order chi connectivity index (χ0) is 30.1. The number of hydrogen-bond donors (Lipinski definition) is 0. The molecule has 0 unspecified atom stereocenters. The molecule has 1 aliphatic rings. The summed E-state index contributed by atoms with van der Waals surface area (Å²) in [6.45, 7) is 3.08. The van der Waals surface area contributed by atoms with Gasteiger partial charge in [0.25, 0.3) is 0 Å². The first kappa shape index (κ1) is 28.5. The Kier molecular flexibility index (Phi) is 7.88. The van der Waals surface area contributed by atoms with Gasteiger partial charge in [0, 0.05) is 30.2 Å². The number of nitriles is 1. The highest BCUT2D eigenvalue weighted by Crippen LogP contribution is 2.32. The van der Waals surface area contributed by atoms with Crippen LogP contribution in [0.25, 0.3) is 21.6 Å². The average molecular weight is 601 g/mol. The molecule has 43 heavy (non-hydrogen) atoms. The molecule has 5 aromatic rings. The van der Waals surface area contributed by atoms with E-state index >= 15 is 4.39 Å². The summed E-state index contributed by atoms with van der Waals surface area (Å²) >= 11 is 1.25. The standard InChI is InChI=1S/C32H26F2N4O4S/c1-18-10-21(12-29-37-31-27(14-28(43-31)32(39)40-2)38(29)16-22-8-9-41-22)25(34)13-23(18)26-4-3-5-30(36-26)42-17-20-7-6-19(15-35)11-24(20)33/h3-7,10-11,13-14,22H,8-9,12,16-17H2,1-2H3/t22-/m0/s1. The summed E-state index contributed by atoms with van der Waals surface area (Å²) < 4.78 is 48.1. The van der Waals surface area contributed by atoms with Crippen LogP contribution in [0, 0.1) is 29.9 Å². The number of halogens is 2. The number of carbonyl (C=O) groups excluding carboxylic acids is 1. The second kappa shape index (κ2) is 11.9. The van der Waals surface area contributed by atoms with Crippen molar-refractivity contribution in [1.29, 1.82) is 5.26 Å². The maximum atomic E-state index is 15.6. The molecule has 0 spiro atoms. The van der Waals surface area contributed by atoms with Crippen LogP contribution in [0.4, 0.5) is 8.78 Å². The Bertz CT molecular complexity index is 1890. The van der Waals surface area contributed by atoms with Crippen molar-refractivity contribution in [3.05, 3.63) is 99.2 Å². The van der Waals surface area contributed by atoms with Gasteiger partial charge in [-0.3, -0.25) is 0 Å². The maximum Gasteiger partial charge on any atom is 0.348 e. The molecule has 0 radical (unpaired) electrons. The third-order valence-corrected chi connectivity index (χ3v) is 8.39. The van der Waals surface area contributed by atoms with E-state index in [4.69, 9.17) is 24.5 Å². The van der Waals surface area contributed by atoms with Crippen LogP contribution in [-0.2, 0) is 29.0 Å². The number of ether oxygens (including phenoxy) is 3. The topological polar surface area (TPSA) is 99.3 Å². The molecule has 0 bridgehead atoms. The third kappa shape index (κ3) is 5.84. The Labute approximate surface area is 250 Å². The Balaban J connectivity index is 1.24. The molecule has 1 atom stereocenters. The van der Waals surface area contributed by atoms with Crippen molar-refractivity contribution >= 4 is 27.7 Å². The summed E-state index contributed by atoms with van der Waals surface area (Å²) in [6, 6.07) is 16.2. The van der Waals surface area contributed by atoms with E-state index in [2.05, 4.69) is 4.98 Å². The molecule has 11 heteroatoms. The van der Waals surface area contributed by atoms with Gasteiger partial charge < -0.3 is 18.8 Å². The lowest BCUT2D eigenvalue weighted by molar-refractivity contribution is -0.0589. The largest absolute Gasteiger partial charge is 0.473 e. The molecule has 0 aliphatic carbocycles. The number of methoxy groups -OCH3 is 1. The van der Waals surface area contributed by atoms with Crippen LogP contribution in [0.1, 0.15) is 44.2 Å². The van der Waals surface area contributed by atoms with Gasteiger partial charge in [0.15, 0.2) is 0 Å². The molecule has 6 rings (SSSR count). The molecular weight excluding hydrogens is 574 g/mol. The fourth-order valence-corrected chi connectivity index (χ4v) is 5.96. The maximum absolute atomic E-state index is 15.6. The number of benzene rings is 2. The third-order valence-electron chi connectivity index (χ3n) is 7.39. The van der Waals surface area contributed by atoms with Crippen molar-refractivity contribution in [2.75, 3.05) is 13.7 Å². The minimum Gasteiger partial charge on any atom is -0.473 e. The van der Waals surface area contributed by atoms with Gasteiger partial charge in [-0.25, -0.2) is 23.5 Å². The molecule has 0 amide bonds. The number of aromatic nitrogens is 3. The van der Waals surface area contributed by atoms with Gasteiger partial charge in [-0.1, -0.05) is 18.2 Å². The normalized spacial score (nSPS) is 14.3. The van der Waals surface area contributed by atoms with Gasteiger partial charge in [0.05, 0.1) is 42.6 Å². The number of esters is 1. The van der Waals surface area contributed by atoms with E-state index < -0.39 is 17.6 Å². The Morgan fingerprint density at radius 1 is 1.14 bits per heavy atom. The summed E-state index contributed by atoms with van der Waals surface area (Å²) in [5.74, 6) is -0.410. The van der Waals surface area contributed by atoms with Crippen molar-refractivity contribution in [3.8, 4) is 23.2 Å². The first-order valence-electron chi connectivity index (χ1n) is 13.6. The van der Waals surface area contributed by atoms with Crippen LogP contribution < -0.4 is 4.74 Å². The van der Waals surface area contributed by atoms with Gasteiger partial charge in [0.1, 0.15) is 33.8 Å². The number of thiophene rings is 1. The molecule has 8 nitrogen and oxygen atoms in total. The zero-order valence-electron chi connectivity index (χ0n) is 23.4. The predicted molar refractivity (Wildman–Crippen MR) is 156 cm³/mol. The monoisotopic (exact) mass is 600 g/mol. The van der Waals surface area contributed by atoms with Crippen LogP contribution >= 0.6 is 11.3 Å². The second-order valence-electron chi connectivity index (χ2n) is 10.2. The van der Waals surface area contributed by atoms with E-state index in [-0.39, 0.29) is 30.6 Å². The van der Waals surface area contributed by atoms with Crippen LogP contribution in [0.2, 0.25) is 0 Å². The lowest BCUT2D eigenvalue weighted by atomic mass is 9.99. The Morgan fingerprint density at radius 2 is 1.95 bits per heavy atom. The summed E-state index contributed by atoms with van der Waals surface area (Å²) in [5.41, 5.74) is 3.73. The highest BCUT2D eigenvalue weighted by atomic mass is 32.1. The van der Waals surface area contributed by atoms with Crippen molar-refractivity contribution in [1.82, 2.24) is 14.5 Å². The average Bonchev–Trinajstić information content (AvgIpc) is 3.53. The van der Waals surface area contributed by atoms with E-state index in [1.165, 1.54) is 36.6 Å². The molecular formula is C32H26F2N4O4S. The highest BCUT2D eigenvalue weighted by molar-refractivity contribution is 7.20. The molecule has 2 aromatic carbocycles. The number of carbonyl (C=O) groups is 1. The molecule has 1 saturated heterocycles. The number of imidazole rings is 1. The molecule has 1 aliphatic heterocycles. The van der Waals surface area contributed by atoms with Gasteiger partial charge >= 0.3 is 5.97 Å². The lowest BCUT2D eigenvalue weighted by Crippen LogP contribution is -2.31. The first-order valence-corrected chi connectivity index (χ1v) is 14.4. The zero-order valence-corrected chi connectivity index (χ0v) is 24.2. The summed E-state index contributed by atoms with van der Waals surface area (Å²) in [7, 11) is 1.34. The quantitative estimate of drug-likeness (QED) is 0.182. The van der Waals surface area contributed by atoms with E-state index in [1.807, 2.05) is 17.6 Å². The van der Waals surface area contributed by atoms with E-state index in [0.717, 1.165) is 23.6 Å². The number of hydrogen-bond acceptors (Lipinski definition) is 8. The number of rotatable bonds is 9. The molecule has 3 aromatic heterocycles. The van der Waals surface area contributed by atoms with Crippen molar-refractivity contribution in [3.63, 3.8) is 0 Å². The first-order chi connectivity index (χ1) is 20.8. The Hall–Kier alpha value is -4.66. The van der Waals surface area contributed by atoms with E-state index in [9.17, 15) is 9.18 Å². The summed E-state index contributed by atoms with van der Waals surface area (Å²) in [6.07, 6.45) is 1.22. The smallest absolute Gasteiger partial charge is 0.348 e. The summed E-state index contributed by atoms with van der Waals surface area (Å²) in [5, 5.41) is 8.93. The van der Waals surface area contributed by atoms with Gasteiger partial charge in [-0.2, -0.15) is 5.26 Å². The second-order valence-corrected chi connectivity index (χ2v) is 11.2. The van der Waals surface area contributed by atoms with E-state index in [0.29, 0.717) is 51.1 Å². The van der Waals surface area contributed by atoms with Gasteiger partial charge in [0.2, 0.25) is 5.88 Å². The molecule has 0 N–H and O–H groups in total. The number of nitrogens with zero attached hydrogens (tertiary/aromatic N) is 4. The van der Waals surface area contributed by atoms with Crippen molar-refractivity contribution in [2.45, 2.75) is 39.0 Å². The van der Waals surface area contributed by atoms with Gasteiger partial charge in [-0.15, -0.1) is 11.3 Å². The fourth-order valence-electron chi connectivity index (χ4n) is 4.99. The molecule has 218 valence electrons. The minimum atomic E-state index is -0.534. The van der Waals surface area contributed by atoms with Crippen molar-refractivity contribution in [2.24, 2.45) is 0 Å². The van der Waals surface area contributed by atoms with Crippen LogP contribution in [-0.4, -0.2) is 40.3 Å². The Morgan fingerprint density at radius 3 is 2.67 bits per heavy atom. The molecule has 1 fully saturated rings. The van der Waals surface area contributed by atoms with Crippen LogP contribution in [0.15, 0.2) is 54.6 Å². The van der Waals surface area contributed by atoms with Gasteiger partial charge in [-0.05, 0) is 54.8 Å².